The fourth-order valence-corrected chi connectivity index (χ4v) is 3.98. The summed E-state index contributed by atoms with van der Waals surface area (Å²) in [6.45, 7) is 4.52. The van der Waals surface area contributed by atoms with Gasteiger partial charge in [0.25, 0.3) is 0 Å². The van der Waals surface area contributed by atoms with Crippen molar-refractivity contribution in [3.8, 4) is 0 Å². The molecule has 2 unspecified atom stereocenters. The second-order valence-electron chi connectivity index (χ2n) is 6.79. The van der Waals surface area contributed by atoms with Crippen LogP contribution in [0, 0.1) is 11.6 Å². The lowest BCUT2D eigenvalue weighted by Gasteiger charge is -2.16. The van der Waals surface area contributed by atoms with Gasteiger partial charge < -0.3 is 4.74 Å². The van der Waals surface area contributed by atoms with Crippen molar-refractivity contribution >= 4 is 11.8 Å². The van der Waals surface area contributed by atoms with Crippen LogP contribution in [0.15, 0.2) is 60.0 Å². The van der Waals surface area contributed by atoms with Crippen molar-refractivity contribution in [3.63, 3.8) is 0 Å². The fourth-order valence-electron chi connectivity index (χ4n) is 3.22. The number of ether oxygens (including phenoxy) is 1. The third-order valence-electron chi connectivity index (χ3n) is 4.51. The van der Waals surface area contributed by atoms with E-state index in [1.165, 1.54) is 12.4 Å². The molecule has 140 valence electrons. The molecule has 7 heteroatoms. The van der Waals surface area contributed by atoms with E-state index in [1.807, 2.05) is 30.3 Å². The molecule has 0 radical (unpaired) electrons. The first kappa shape index (κ1) is 18.1. The second kappa shape index (κ2) is 7.05. The van der Waals surface area contributed by atoms with E-state index in [-0.39, 0.29) is 6.10 Å². The number of halogens is 2. The van der Waals surface area contributed by atoms with Gasteiger partial charge in [-0.25, -0.2) is 18.4 Å². The molecular formula is C20H19F2N3OS. The number of rotatable bonds is 6. The standard InChI is InChI=1S/C20H19F2N3OS/c1-13(2)27-19-23-12-24-25(19)11-20(15-8-9-16(21)17(22)10-15)18(26-20)14-6-4-3-5-7-14/h3-10,12-13,18H,11H2,1-2H3. The number of benzene rings is 2. The van der Waals surface area contributed by atoms with Crippen molar-refractivity contribution in [1.29, 1.82) is 0 Å². The van der Waals surface area contributed by atoms with E-state index in [2.05, 4.69) is 23.9 Å². The Labute approximate surface area is 160 Å². The number of epoxide rings is 1. The highest BCUT2D eigenvalue weighted by Gasteiger charge is 2.59. The lowest BCUT2D eigenvalue weighted by Crippen LogP contribution is -2.21. The van der Waals surface area contributed by atoms with Crippen molar-refractivity contribution in [2.45, 2.75) is 42.5 Å². The maximum Gasteiger partial charge on any atom is 0.186 e. The maximum absolute atomic E-state index is 13.9. The summed E-state index contributed by atoms with van der Waals surface area (Å²) < 4.78 is 35.3. The Morgan fingerprint density at radius 1 is 1.15 bits per heavy atom. The predicted molar refractivity (Wildman–Crippen MR) is 99.3 cm³/mol. The van der Waals surface area contributed by atoms with Gasteiger partial charge in [-0.1, -0.05) is 62.0 Å². The van der Waals surface area contributed by atoms with Crippen molar-refractivity contribution in [3.05, 3.63) is 77.6 Å². The minimum absolute atomic E-state index is 0.260. The molecule has 1 aromatic heterocycles. The fraction of sp³-hybridized carbons (Fsp3) is 0.300. The van der Waals surface area contributed by atoms with Crippen LogP contribution in [0.2, 0.25) is 0 Å². The van der Waals surface area contributed by atoms with Crippen LogP contribution in [0.4, 0.5) is 8.78 Å². The molecule has 0 saturated carbocycles. The molecule has 4 nitrogen and oxygen atoms in total. The van der Waals surface area contributed by atoms with Crippen molar-refractivity contribution < 1.29 is 13.5 Å². The Morgan fingerprint density at radius 2 is 1.93 bits per heavy atom. The Morgan fingerprint density at radius 3 is 2.63 bits per heavy atom. The first-order chi connectivity index (χ1) is 13.0. The molecule has 0 amide bonds. The van der Waals surface area contributed by atoms with Gasteiger partial charge in [-0.3, -0.25) is 0 Å². The summed E-state index contributed by atoms with van der Waals surface area (Å²) in [5, 5.41) is 5.44. The van der Waals surface area contributed by atoms with Crippen LogP contribution in [-0.4, -0.2) is 20.0 Å². The summed E-state index contributed by atoms with van der Waals surface area (Å²) in [6, 6.07) is 13.7. The smallest absolute Gasteiger partial charge is 0.186 e. The first-order valence-electron chi connectivity index (χ1n) is 8.72. The van der Waals surface area contributed by atoms with Crippen LogP contribution in [0.3, 0.4) is 0 Å². The maximum atomic E-state index is 13.9. The highest BCUT2D eigenvalue weighted by Crippen LogP contribution is 2.58. The summed E-state index contributed by atoms with van der Waals surface area (Å²) in [4.78, 5) is 4.32. The molecule has 0 spiro atoms. The first-order valence-corrected chi connectivity index (χ1v) is 9.60. The van der Waals surface area contributed by atoms with E-state index in [4.69, 9.17) is 4.74 Å². The largest absolute Gasteiger partial charge is 0.354 e. The molecule has 27 heavy (non-hydrogen) atoms. The second-order valence-corrected chi connectivity index (χ2v) is 8.34. The number of aromatic nitrogens is 3. The molecule has 4 rings (SSSR count). The van der Waals surface area contributed by atoms with Crippen LogP contribution >= 0.6 is 11.8 Å². The average molecular weight is 387 g/mol. The molecule has 3 aromatic rings. The number of hydrogen-bond acceptors (Lipinski definition) is 4. The molecule has 2 atom stereocenters. The number of hydrogen-bond donors (Lipinski definition) is 0. The van der Waals surface area contributed by atoms with Crippen LogP contribution in [-0.2, 0) is 16.9 Å². The molecule has 0 aliphatic carbocycles. The van der Waals surface area contributed by atoms with E-state index >= 15 is 0 Å². The SMILES string of the molecule is CC(C)Sc1ncnn1CC1(c2ccc(F)c(F)c2)OC1c1ccccc1. The van der Waals surface area contributed by atoms with Gasteiger partial charge in [0.05, 0.1) is 6.54 Å². The third-order valence-corrected chi connectivity index (χ3v) is 5.51. The quantitative estimate of drug-likeness (QED) is 0.453. The summed E-state index contributed by atoms with van der Waals surface area (Å²) >= 11 is 1.60. The van der Waals surface area contributed by atoms with Gasteiger partial charge >= 0.3 is 0 Å². The number of nitrogens with zero attached hydrogens (tertiary/aromatic N) is 3. The highest BCUT2D eigenvalue weighted by atomic mass is 32.2. The monoisotopic (exact) mass is 387 g/mol. The lowest BCUT2D eigenvalue weighted by atomic mass is 9.91. The van der Waals surface area contributed by atoms with Gasteiger partial charge in [0.2, 0.25) is 0 Å². The van der Waals surface area contributed by atoms with Crippen molar-refractivity contribution in [2.75, 3.05) is 0 Å². The number of thioether (sulfide) groups is 1. The molecule has 1 aliphatic rings. The Kier molecular flexibility index (Phi) is 4.74. The van der Waals surface area contributed by atoms with Crippen LogP contribution in [0.5, 0.6) is 0 Å². The van der Waals surface area contributed by atoms with Gasteiger partial charge in [0.1, 0.15) is 18.0 Å². The summed E-state index contributed by atoms with van der Waals surface area (Å²) in [5.74, 6) is -1.76. The van der Waals surface area contributed by atoms with E-state index in [1.54, 1.807) is 22.5 Å². The average Bonchev–Trinajstić information content (AvgIpc) is 3.23. The minimum atomic E-state index is -0.885. The van der Waals surface area contributed by atoms with E-state index < -0.39 is 17.2 Å². The van der Waals surface area contributed by atoms with Gasteiger partial charge in [-0.2, -0.15) is 5.10 Å². The Bertz CT molecular complexity index is 947. The van der Waals surface area contributed by atoms with Gasteiger partial charge in [-0.15, -0.1) is 0 Å². The van der Waals surface area contributed by atoms with E-state index in [0.29, 0.717) is 17.4 Å². The Balaban J connectivity index is 1.72. The summed E-state index contributed by atoms with van der Waals surface area (Å²) in [7, 11) is 0. The van der Waals surface area contributed by atoms with Crippen LogP contribution < -0.4 is 0 Å². The summed E-state index contributed by atoms with van der Waals surface area (Å²) in [5.41, 5.74) is 0.766. The topological polar surface area (TPSA) is 43.2 Å². The van der Waals surface area contributed by atoms with Crippen molar-refractivity contribution in [1.82, 2.24) is 14.8 Å². The molecule has 2 heterocycles. The van der Waals surface area contributed by atoms with Gasteiger partial charge in [0, 0.05) is 5.25 Å². The molecule has 1 fully saturated rings. The molecule has 1 saturated heterocycles. The highest BCUT2D eigenvalue weighted by molar-refractivity contribution is 7.99. The predicted octanol–water partition coefficient (Wildman–Crippen LogP) is 4.72. The summed E-state index contributed by atoms with van der Waals surface area (Å²) in [6.07, 6.45) is 1.24. The zero-order chi connectivity index (χ0) is 19.0. The molecule has 1 aliphatic heterocycles. The minimum Gasteiger partial charge on any atom is -0.354 e. The normalized spacial score (nSPS) is 21.6. The van der Waals surface area contributed by atoms with Gasteiger partial charge in [-0.05, 0) is 23.3 Å². The molecular weight excluding hydrogens is 368 g/mol. The third kappa shape index (κ3) is 3.49. The molecule has 0 bridgehead atoms. The van der Waals surface area contributed by atoms with Gasteiger partial charge in [0.15, 0.2) is 16.8 Å². The van der Waals surface area contributed by atoms with Crippen molar-refractivity contribution in [2.24, 2.45) is 0 Å². The van der Waals surface area contributed by atoms with E-state index in [0.717, 1.165) is 16.8 Å². The Hall–Kier alpha value is -2.25. The van der Waals surface area contributed by atoms with Crippen LogP contribution in [0.25, 0.3) is 0 Å². The molecule has 2 aromatic carbocycles. The lowest BCUT2D eigenvalue weighted by molar-refractivity contribution is 0.255. The van der Waals surface area contributed by atoms with Crippen LogP contribution in [0.1, 0.15) is 31.1 Å². The van der Waals surface area contributed by atoms with E-state index in [9.17, 15) is 8.78 Å². The zero-order valence-corrected chi connectivity index (χ0v) is 15.8. The molecule has 0 N–H and O–H groups in total. The zero-order valence-electron chi connectivity index (χ0n) is 15.0.